The highest BCUT2D eigenvalue weighted by Gasteiger charge is 2.36. The quantitative estimate of drug-likeness (QED) is 0.672. The first-order chi connectivity index (χ1) is 12.2. The molecular formula is C20H36N2O4. The zero-order chi connectivity index (χ0) is 19.2. The molecule has 0 aliphatic carbocycles. The number of piperidine rings is 2. The molecule has 0 radical (unpaired) electrons. The van der Waals surface area contributed by atoms with Crippen molar-refractivity contribution >= 4 is 11.9 Å². The van der Waals surface area contributed by atoms with E-state index in [9.17, 15) is 9.59 Å². The third-order valence-electron chi connectivity index (χ3n) is 5.93. The highest BCUT2D eigenvalue weighted by molar-refractivity contribution is 5.78. The van der Waals surface area contributed by atoms with Crippen molar-refractivity contribution in [1.82, 2.24) is 10.6 Å². The number of ether oxygens (including phenoxy) is 2. The first-order valence-corrected chi connectivity index (χ1v) is 10.1. The molecule has 0 atom stereocenters. The SMILES string of the molecule is CC(C)(OC(=O)CCC(=O)OC(C)(C)C1CCNCC1)C1CCNCC1. The van der Waals surface area contributed by atoms with Crippen LogP contribution in [0.1, 0.15) is 66.2 Å². The Morgan fingerprint density at radius 1 is 0.731 bits per heavy atom. The van der Waals surface area contributed by atoms with Crippen molar-refractivity contribution in [2.45, 2.75) is 77.4 Å². The molecule has 2 heterocycles. The van der Waals surface area contributed by atoms with Crippen molar-refractivity contribution < 1.29 is 19.1 Å². The zero-order valence-corrected chi connectivity index (χ0v) is 16.9. The van der Waals surface area contributed by atoms with E-state index in [4.69, 9.17) is 9.47 Å². The highest BCUT2D eigenvalue weighted by atomic mass is 16.6. The molecular weight excluding hydrogens is 332 g/mol. The molecule has 0 unspecified atom stereocenters. The molecule has 2 saturated heterocycles. The monoisotopic (exact) mass is 368 g/mol. The van der Waals surface area contributed by atoms with E-state index in [0.29, 0.717) is 11.8 Å². The van der Waals surface area contributed by atoms with Crippen molar-refractivity contribution in [1.29, 1.82) is 0 Å². The Bertz CT molecular complexity index is 434. The van der Waals surface area contributed by atoms with Crippen molar-refractivity contribution in [2.75, 3.05) is 26.2 Å². The number of hydrogen-bond donors (Lipinski definition) is 2. The maximum Gasteiger partial charge on any atom is 0.306 e. The standard InChI is InChI=1S/C20H36N2O4/c1-19(2,15-7-11-21-12-8-15)25-17(23)5-6-18(24)26-20(3,4)16-9-13-22-14-10-16/h15-16,21-22H,5-14H2,1-4H3. The van der Waals surface area contributed by atoms with Gasteiger partial charge in [0.25, 0.3) is 0 Å². The summed E-state index contributed by atoms with van der Waals surface area (Å²) in [5.74, 6) is 0.0901. The molecule has 2 aliphatic rings. The van der Waals surface area contributed by atoms with E-state index in [-0.39, 0.29) is 24.8 Å². The van der Waals surface area contributed by atoms with Gasteiger partial charge in [0.1, 0.15) is 11.2 Å². The molecule has 0 saturated carbocycles. The smallest absolute Gasteiger partial charge is 0.306 e. The molecule has 0 amide bonds. The predicted octanol–water partition coefficient (Wildman–Crippen LogP) is 2.41. The lowest BCUT2D eigenvalue weighted by Gasteiger charge is -2.37. The third-order valence-corrected chi connectivity index (χ3v) is 5.93. The van der Waals surface area contributed by atoms with Gasteiger partial charge in [-0.1, -0.05) is 0 Å². The van der Waals surface area contributed by atoms with Crippen LogP contribution in [0.2, 0.25) is 0 Å². The van der Waals surface area contributed by atoms with Crippen LogP contribution in [0.3, 0.4) is 0 Å². The molecule has 0 spiro atoms. The fourth-order valence-electron chi connectivity index (χ4n) is 4.09. The number of rotatable bonds is 7. The first-order valence-electron chi connectivity index (χ1n) is 10.1. The van der Waals surface area contributed by atoms with Crippen molar-refractivity contribution in [3.05, 3.63) is 0 Å². The summed E-state index contributed by atoms with van der Waals surface area (Å²) >= 11 is 0. The topological polar surface area (TPSA) is 76.7 Å². The number of nitrogens with one attached hydrogen (secondary N) is 2. The molecule has 0 aromatic rings. The summed E-state index contributed by atoms with van der Waals surface area (Å²) in [6.07, 6.45) is 4.18. The summed E-state index contributed by atoms with van der Waals surface area (Å²) in [5, 5.41) is 6.65. The van der Waals surface area contributed by atoms with E-state index in [1.807, 2.05) is 27.7 Å². The Kier molecular flexibility index (Phi) is 7.47. The Balaban J connectivity index is 1.74. The largest absolute Gasteiger partial charge is 0.459 e. The molecule has 0 bridgehead atoms. The lowest BCUT2D eigenvalue weighted by Crippen LogP contribution is -2.43. The Labute approximate surface area is 157 Å². The summed E-state index contributed by atoms with van der Waals surface area (Å²) in [4.78, 5) is 24.4. The second kappa shape index (κ2) is 9.18. The Morgan fingerprint density at radius 3 is 1.35 bits per heavy atom. The summed E-state index contributed by atoms with van der Waals surface area (Å²) in [6, 6.07) is 0. The fraction of sp³-hybridized carbons (Fsp3) is 0.900. The van der Waals surface area contributed by atoms with Gasteiger partial charge in [-0.25, -0.2) is 0 Å². The average Bonchev–Trinajstić information content (AvgIpc) is 2.61. The maximum atomic E-state index is 12.2. The molecule has 0 aromatic carbocycles. The molecule has 2 aliphatic heterocycles. The van der Waals surface area contributed by atoms with Crippen LogP contribution in [0.4, 0.5) is 0 Å². The van der Waals surface area contributed by atoms with Gasteiger partial charge in [0.15, 0.2) is 0 Å². The zero-order valence-electron chi connectivity index (χ0n) is 16.9. The predicted molar refractivity (Wildman–Crippen MR) is 101 cm³/mol. The van der Waals surface area contributed by atoms with Crippen LogP contribution < -0.4 is 10.6 Å². The van der Waals surface area contributed by atoms with E-state index in [1.165, 1.54) is 0 Å². The van der Waals surface area contributed by atoms with Gasteiger partial charge < -0.3 is 20.1 Å². The molecule has 2 fully saturated rings. The van der Waals surface area contributed by atoms with Crippen molar-refractivity contribution in [3.8, 4) is 0 Å². The van der Waals surface area contributed by atoms with E-state index in [0.717, 1.165) is 51.9 Å². The molecule has 6 heteroatoms. The van der Waals surface area contributed by atoms with Gasteiger partial charge in [0.2, 0.25) is 0 Å². The minimum absolute atomic E-state index is 0.0789. The lowest BCUT2D eigenvalue weighted by atomic mass is 9.83. The summed E-state index contributed by atoms with van der Waals surface area (Å²) in [5.41, 5.74) is -0.977. The van der Waals surface area contributed by atoms with Crippen LogP contribution in [-0.4, -0.2) is 49.3 Å². The number of esters is 2. The van der Waals surface area contributed by atoms with Gasteiger partial charge in [0.05, 0.1) is 12.8 Å². The van der Waals surface area contributed by atoms with Crippen molar-refractivity contribution in [3.63, 3.8) is 0 Å². The third kappa shape index (κ3) is 6.23. The molecule has 0 aromatic heterocycles. The van der Waals surface area contributed by atoms with Crippen LogP contribution in [0.25, 0.3) is 0 Å². The van der Waals surface area contributed by atoms with E-state index in [2.05, 4.69) is 10.6 Å². The summed E-state index contributed by atoms with van der Waals surface area (Å²) in [6.45, 7) is 11.7. The van der Waals surface area contributed by atoms with Gasteiger partial charge >= 0.3 is 11.9 Å². The average molecular weight is 369 g/mol. The molecule has 6 nitrogen and oxygen atoms in total. The van der Waals surface area contributed by atoms with Gasteiger partial charge in [-0.3, -0.25) is 9.59 Å². The normalized spacial score (nSPS) is 20.6. The van der Waals surface area contributed by atoms with Crippen LogP contribution >= 0.6 is 0 Å². The molecule has 2 rings (SSSR count). The van der Waals surface area contributed by atoms with Gasteiger partial charge in [0, 0.05) is 11.8 Å². The van der Waals surface area contributed by atoms with E-state index in [1.54, 1.807) is 0 Å². The second-order valence-corrected chi connectivity index (χ2v) is 8.70. The number of carbonyl (C=O) groups is 2. The van der Waals surface area contributed by atoms with E-state index >= 15 is 0 Å². The lowest BCUT2D eigenvalue weighted by molar-refractivity contribution is -0.170. The van der Waals surface area contributed by atoms with Gasteiger partial charge in [-0.15, -0.1) is 0 Å². The summed E-state index contributed by atoms with van der Waals surface area (Å²) < 4.78 is 11.4. The molecule has 2 N–H and O–H groups in total. The Morgan fingerprint density at radius 2 is 1.04 bits per heavy atom. The number of carbonyl (C=O) groups excluding carboxylic acids is 2. The van der Waals surface area contributed by atoms with Gasteiger partial charge in [-0.05, 0) is 79.6 Å². The summed E-state index contributed by atoms with van der Waals surface area (Å²) in [7, 11) is 0. The first kappa shape index (κ1) is 21.2. The van der Waals surface area contributed by atoms with Crippen molar-refractivity contribution in [2.24, 2.45) is 11.8 Å². The maximum absolute atomic E-state index is 12.2. The van der Waals surface area contributed by atoms with Crippen LogP contribution in [-0.2, 0) is 19.1 Å². The fourth-order valence-corrected chi connectivity index (χ4v) is 4.09. The molecule has 26 heavy (non-hydrogen) atoms. The van der Waals surface area contributed by atoms with Crippen LogP contribution in [0, 0.1) is 11.8 Å². The Hall–Kier alpha value is -1.14. The van der Waals surface area contributed by atoms with Crippen LogP contribution in [0.5, 0.6) is 0 Å². The minimum atomic E-state index is -0.489. The van der Waals surface area contributed by atoms with E-state index < -0.39 is 11.2 Å². The number of hydrogen-bond acceptors (Lipinski definition) is 6. The molecule has 150 valence electrons. The highest BCUT2D eigenvalue weighted by Crippen LogP contribution is 2.31. The minimum Gasteiger partial charge on any atom is -0.459 e. The van der Waals surface area contributed by atoms with Crippen LogP contribution in [0.15, 0.2) is 0 Å². The second-order valence-electron chi connectivity index (χ2n) is 8.70. The van der Waals surface area contributed by atoms with Gasteiger partial charge in [-0.2, -0.15) is 0 Å².